The minimum atomic E-state index is -0.326. The lowest BCUT2D eigenvalue weighted by atomic mass is 10.2. The van der Waals surface area contributed by atoms with Gasteiger partial charge < -0.3 is 15.0 Å². The van der Waals surface area contributed by atoms with Crippen LogP contribution in [0.15, 0.2) is 6.20 Å². The maximum atomic E-state index is 12.3. The molecule has 0 bridgehead atoms. The van der Waals surface area contributed by atoms with Crippen molar-refractivity contribution >= 4 is 34.3 Å². The molecule has 1 aromatic rings. The molecule has 1 N–H and O–H groups in total. The molecule has 1 heterocycles. The van der Waals surface area contributed by atoms with E-state index in [1.807, 2.05) is 6.92 Å². The summed E-state index contributed by atoms with van der Waals surface area (Å²) in [6.45, 7) is 2.53. The molecule has 0 unspecified atom stereocenters. The van der Waals surface area contributed by atoms with Crippen molar-refractivity contribution in [3.8, 4) is 0 Å². The van der Waals surface area contributed by atoms with E-state index in [9.17, 15) is 14.4 Å². The highest BCUT2D eigenvalue weighted by atomic mass is 32.1. The molecule has 8 heteroatoms. The number of carbonyl (C=O) groups excluding carboxylic acids is 3. The quantitative estimate of drug-likeness (QED) is 0.686. The number of aryl methyl sites for hydroxylation is 1. The van der Waals surface area contributed by atoms with Gasteiger partial charge in [0.15, 0.2) is 5.13 Å². The molecule has 1 aliphatic rings. The highest BCUT2D eigenvalue weighted by Gasteiger charge is 2.28. The van der Waals surface area contributed by atoms with Crippen LogP contribution in [0.3, 0.4) is 0 Å². The molecule has 0 radical (unpaired) electrons. The van der Waals surface area contributed by atoms with Crippen LogP contribution >= 0.6 is 11.3 Å². The van der Waals surface area contributed by atoms with Crippen LogP contribution in [0.2, 0.25) is 0 Å². The average Bonchev–Trinajstić information content (AvgIpc) is 3.27. The van der Waals surface area contributed by atoms with E-state index in [0.29, 0.717) is 24.0 Å². The zero-order valence-corrected chi connectivity index (χ0v) is 14.9. The third-order valence-electron chi connectivity index (χ3n) is 3.73. The predicted molar refractivity (Wildman–Crippen MR) is 90.7 cm³/mol. The lowest BCUT2D eigenvalue weighted by Crippen LogP contribution is -2.39. The summed E-state index contributed by atoms with van der Waals surface area (Å²) < 4.78 is 4.57. The van der Waals surface area contributed by atoms with Gasteiger partial charge in [-0.3, -0.25) is 14.4 Å². The monoisotopic (exact) mass is 353 g/mol. The summed E-state index contributed by atoms with van der Waals surface area (Å²) in [5.41, 5.74) is 0. The summed E-state index contributed by atoms with van der Waals surface area (Å²) in [5, 5.41) is 3.27. The topological polar surface area (TPSA) is 88.6 Å². The van der Waals surface area contributed by atoms with Gasteiger partial charge in [0.2, 0.25) is 11.8 Å². The second-order valence-electron chi connectivity index (χ2n) is 5.97. The molecule has 0 spiro atoms. The number of carbonyl (C=O) groups is 3. The Bertz CT molecular complexity index is 598. The number of aromatic nitrogens is 1. The van der Waals surface area contributed by atoms with Crippen molar-refractivity contribution in [1.29, 1.82) is 0 Å². The number of rotatable bonds is 9. The first-order valence-corrected chi connectivity index (χ1v) is 8.86. The SMILES string of the molecule is COC(=O)CCCC(=O)N(CC(=O)Nc1ncc(C)s1)CC1CC1. The van der Waals surface area contributed by atoms with Gasteiger partial charge in [-0.05, 0) is 32.1 Å². The van der Waals surface area contributed by atoms with E-state index in [-0.39, 0.29) is 37.2 Å². The van der Waals surface area contributed by atoms with Crippen LogP contribution in [-0.2, 0) is 19.1 Å². The lowest BCUT2D eigenvalue weighted by Gasteiger charge is -2.22. The van der Waals surface area contributed by atoms with Gasteiger partial charge in [-0.15, -0.1) is 11.3 Å². The Hall–Kier alpha value is -1.96. The van der Waals surface area contributed by atoms with Crippen LogP contribution in [0.25, 0.3) is 0 Å². The number of hydrogen-bond donors (Lipinski definition) is 1. The first-order chi connectivity index (χ1) is 11.5. The van der Waals surface area contributed by atoms with Crippen LogP contribution in [-0.4, -0.2) is 47.9 Å². The number of anilines is 1. The van der Waals surface area contributed by atoms with Crippen molar-refractivity contribution in [2.75, 3.05) is 25.5 Å². The van der Waals surface area contributed by atoms with E-state index in [1.165, 1.54) is 18.4 Å². The van der Waals surface area contributed by atoms with Gasteiger partial charge in [-0.25, -0.2) is 4.98 Å². The van der Waals surface area contributed by atoms with E-state index in [2.05, 4.69) is 15.0 Å². The number of hydrogen-bond acceptors (Lipinski definition) is 6. The fourth-order valence-electron chi connectivity index (χ4n) is 2.26. The molecule has 0 atom stereocenters. The van der Waals surface area contributed by atoms with Crippen LogP contribution in [0.4, 0.5) is 5.13 Å². The molecule has 0 aliphatic heterocycles. The van der Waals surface area contributed by atoms with Gasteiger partial charge in [0.25, 0.3) is 0 Å². The normalized spacial score (nSPS) is 13.4. The molecule has 1 fully saturated rings. The Morgan fingerprint density at radius 3 is 2.71 bits per heavy atom. The van der Waals surface area contributed by atoms with Crippen LogP contribution < -0.4 is 5.32 Å². The van der Waals surface area contributed by atoms with Crippen LogP contribution in [0.5, 0.6) is 0 Å². The highest BCUT2D eigenvalue weighted by Crippen LogP contribution is 2.30. The van der Waals surface area contributed by atoms with E-state index in [1.54, 1.807) is 11.1 Å². The number of nitrogens with one attached hydrogen (secondary N) is 1. The average molecular weight is 353 g/mol. The molecule has 0 saturated heterocycles. The number of methoxy groups -OCH3 is 1. The Morgan fingerprint density at radius 1 is 1.38 bits per heavy atom. The summed E-state index contributed by atoms with van der Waals surface area (Å²) in [6, 6.07) is 0. The van der Waals surface area contributed by atoms with E-state index < -0.39 is 0 Å². The number of nitrogens with zero attached hydrogens (tertiary/aromatic N) is 2. The van der Waals surface area contributed by atoms with Gasteiger partial charge >= 0.3 is 5.97 Å². The largest absolute Gasteiger partial charge is 0.469 e. The minimum absolute atomic E-state index is 0.0200. The van der Waals surface area contributed by atoms with Crippen molar-refractivity contribution in [3.63, 3.8) is 0 Å². The van der Waals surface area contributed by atoms with E-state index >= 15 is 0 Å². The van der Waals surface area contributed by atoms with Crippen molar-refractivity contribution in [2.45, 2.75) is 39.0 Å². The lowest BCUT2D eigenvalue weighted by molar-refractivity contribution is -0.141. The fraction of sp³-hybridized carbons (Fsp3) is 0.625. The number of esters is 1. The van der Waals surface area contributed by atoms with E-state index in [0.717, 1.165) is 17.7 Å². The Kier molecular flexibility index (Phi) is 6.72. The molecular weight excluding hydrogens is 330 g/mol. The molecule has 24 heavy (non-hydrogen) atoms. The van der Waals surface area contributed by atoms with Gasteiger partial charge in [-0.2, -0.15) is 0 Å². The van der Waals surface area contributed by atoms with Crippen LogP contribution in [0, 0.1) is 12.8 Å². The summed E-state index contributed by atoms with van der Waals surface area (Å²) in [5.74, 6) is -0.180. The molecule has 132 valence electrons. The van der Waals surface area contributed by atoms with Gasteiger partial charge in [0.1, 0.15) is 0 Å². The van der Waals surface area contributed by atoms with Crippen molar-refractivity contribution in [1.82, 2.24) is 9.88 Å². The summed E-state index contributed by atoms with van der Waals surface area (Å²) in [7, 11) is 1.33. The molecule has 1 saturated carbocycles. The van der Waals surface area contributed by atoms with Crippen molar-refractivity contribution in [3.05, 3.63) is 11.1 Å². The standard InChI is InChI=1S/C16H23N3O4S/c1-11-8-17-16(24-11)18-13(20)10-19(9-12-6-7-12)14(21)4-3-5-15(22)23-2/h8,12H,3-7,9-10H2,1-2H3,(H,17,18,20). The molecule has 1 aromatic heterocycles. The Balaban J connectivity index is 1.83. The maximum absolute atomic E-state index is 12.3. The zero-order valence-electron chi connectivity index (χ0n) is 14.0. The smallest absolute Gasteiger partial charge is 0.305 e. The molecule has 2 rings (SSSR count). The summed E-state index contributed by atoms with van der Waals surface area (Å²) in [6.07, 6.45) is 4.77. The van der Waals surface area contributed by atoms with E-state index in [4.69, 9.17) is 0 Å². The summed E-state index contributed by atoms with van der Waals surface area (Å²) >= 11 is 1.40. The van der Waals surface area contributed by atoms with Crippen molar-refractivity contribution < 1.29 is 19.1 Å². The third-order valence-corrected chi connectivity index (χ3v) is 4.56. The first kappa shape index (κ1) is 18.4. The first-order valence-electron chi connectivity index (χ1n) is 8.04. The van der Waals surface area contributed by atoms with Gasteiger partial charge in [0.05, 0.1) is 13.7 Å². The van der Waals surface area contributed by atoms with Gasteiger partial charge in [0, 0.05) is 30.5 Å². The number of thiazole rings is 1. The molecular formula is C16H23N3O4S. The second-order valence-corrected chi connectivity index (χ2v) is 7.21. The third kappa shape index (κ3) is 6.27. The predicted octanol–water partition coefficient (Wildman–Crippen LogP) is 1.97. The Labute approximate surface area is 145 Å². The zero-order chi connectivity index (χ0) is 17.5. The molecule has 0 aromatic carbocycles. The second kappa shape index (κ2) is 8.77. The minimum Gasteiger partial charge on any atom is -0.469 e. The maximum Gasteiger partial charge on any atom is 0.305 e. The van der Waals surface area contributed by atoms with Crippen molar-refractivity contribution in [2.24, 2.45) is 5.92 Å². The fourth-order valence-corrected chi connectivity index (χ4v) is 2.94. The number of ether oxygens (including phenoxy) is 1. The molecule has 1 aliphatic carbocycles. The van der Waals surface area contributed by atoms with Crippen LogP contribution in [0.1, 0.15) is 37.0 Å². The molecule has 2 amide bonds. The summed E-state index contributed by atoms with van der Waals surface area (Å²) in [4.78, 5) is 42.3. The number of amides is 2. The van der Waals surface area contributed by atoms with Gasteiger partial charge in [-0.1, -0.05) is 0 Å². The Morgan fingerprint density at radius 2 is 2.12 bits per heavy atom. The highest BCUT2D eigenvalue weighted by molar-refractivity contribution is 7.15. The molecule has 7 nitrogen and oxygen atoms in total.